The summed E-state index contributed by atoms with van der Waals surface area (Å²) in [5, 5.41) is 12.8. The molecule has 0 spiro atoms. The lowest BCUT2D eigenvalue weighted by Crippen LogP contribution is -2.28. The van der Waals surface area contributed by atoms with Crippen molar-refractivity contribution in [2.24, 2.45) is 0 Å². The first-order valence-electron chi connectivity index (χ1n) is 8.05. The molecule has 2 aromatic rings. The highest BCUT2D eigenvalue weighted by atomic mass is 16.5. The van der Waals surface area contributed by atoms with Gasteiger partial charge in [-0.3, -0.25) is 4.79 Å². The summed E-state index contributed by atoms with van der Waals surface area (Å²) < 4.78 is 5.59. The van der Waals surface area contributed by atoms with E-state index in [1.54, 1.807) is 13.8 Å². The molecule has 0 radical (unpaired) electrons. The number of rotatable bonds is 6. The lowest BCUT2D eigenvalue weighted by atomic mass is 9.97. The average Bonchev–Trinajstić information content (AvgIpc) is 2.54. The highest BCUT2D eigenvalue weighted by Crippen LogP contribution is 2.21. The van der Waals surface area contributed by atoms with Gasteiger partial charge in [-0.15, -0.1) is 0 Å². The minimum Gasteiger partial charge on any atom is -0.483 e. The van der Waals surface area contributed by atoms with Crippen LogP contribution in [-0.2, 0) is 16.9 Å². The van der Waals surface area contributed by atoms with Gasteiger partial charge in [0.2, 0.25) is 0 Å². The highest BCUT2D eigenvalue weighted by Gasteiger charge is 2.15. The molecule has 1 amide bonds. The van der Waals surface area contributed by atoms with Crippen LogP contribution in [0.15, 0.2) is 42.5 Å². The molecule has 2 N–H and O–H groups in total. The van der Waals surface area contributed by atoms with E-state index in [0.29, 0.717) is 6.54 Å². The minimum atomic E-state index is -0.860. The maximum atomic E-state index is 11.9. The van der Waals surface area contributed by atoms with Gasteiger partial charge in [-0.05, 0) is 56.0 Å². The Hall–Kier alpha value is -2.33. The van der Waals surface area contributed by atoms with Crippen molar-refractivity contribution in [1.82, 2.24) is 5.32 Å². The Labute approximate surface area is 143 Å². The first-order valence-corrected chi connectivity index (χ1v) is 8.05. The van der Waals surface area contributed by atoms with Crippen molar-refractivity contribution in [2.45, 2.75) is 39.8 Å². The molecular formula is C20H25NO3. The molecule has 0 heterocycles. The standard InChI is InChI=1S/C20H25NO3/c1-14-6-5-7-18(15(14)2)24-13-19(22)21-12-16-8-10-17(11-9-16)20(3,4)23/h5-11,23H,12-13H2,1-4H3,(H,21,22). The normalized spacial score (nSPS) is 11.2. The number of aliphatic hydroxyl groups is 1. The van der Waals surface area contributed by atoms with Gasteiger partial charge in [-0.2, -0.15) is 0 Å². The molecule has 2 aromatic carbocycles. The Morgan fingerprint density at radius 1 is 1.12 bits per heavy atom. The predicted molar refractivity (Wildman–Crippen MR) is 94.9 cm³/mol. The SMILES string of the molecule is Cc1cccc(OCC(=O)NCc2ccc(C(C)(C)O)cc2)c1C. The van der Waals surface area contributed by atoms with E-state index in [0.717, 1.165) is 28.0 Å². The monoisotopic (exact) mass is 327 g/mol. The average molecular weight is 327 g/mol. The van der Waals surface area contributed by atoms with Crippen LogP contribution in [0.3, 0.4) is 0 Å². The number of hydrogen-bond donors (Lipinski definition) is 2. The van der Waals surface area contributed by atoms with Crippen LogP contribution in [0.1, 0.15) is 36.1 Å². The van der Waals surface area contributed by atoms with Gasteiger partial charge in [-0.25, -0.2) is 0 Å². The molecule has 2 rings (SSSR count). The van der Waals surface area contributed by atoms with E-state index >= 15 is 0 Å². The number of nitrogens with one attached hydrogen (secondary N) is 1. The van der Waals surface area contributed by atoms with Gasteiger partial charge in [-0.1, -0.05) is 36.4 Å². The van der Waals surface area contributed by atoms with Gasteiger partial charge in [0.25, 0.3) is 5.91 Å². The van der Waals surface area contributed by atoms with Crippen molar-refractivity contribution in [3.8, 4) is 5.75 Å². The maximum absolute atomic E-state index is 11.9. The van der Waals surface area contributed by atoms with Crippen LogP contribution in [0.25, 0.3) is 0 Å². The van der Waals surface area contributed by atoms with E-state index in [1.807, 2.05) is 56.3 Å². The molecule has 0 bridgehead atoms. The first-order chi connectivity index (χ1) is 11.3. The molecule has 4 nitrogen and oxygen atoms in total. The van der Waals surface area contributed by atoms with Gasteiger partial charge < -0.3 is 15.2 Å². The van der Waals surface area contributed by atoms with Gasteiger partial charge in [0, 0.05) is 6.54 Å². The smallest absolute Gasteiger partial charge is 0.258 e. The summed E-state index contributed by atoms with van der Waals surface area (Å²) in [6, 6.07) is 13.3. The molecule has 0 aliphatic heterocycles. The van der Waals surface area contributed by atoms with Crippen LogP contribution in [0.5, 0.6) is 5.75 Å². The van der Waals surface area contributed by atoms with E-state index in [-0.39, 0.29) is 12.5 Å². The lowest BCUT2D eigenvalue weighted by molar-refractivity contribution is -0.123. The number of carbonyl (C=O) groups is 1. The number of carbonyl (C=O) groups excluding carboxylic acids is 1. The molecule has 0 fully saturated rings. The molecule has 0 saturated carbocycles. The Morgan fingerprint density at radius 3 is 2.42 bits per heavy atom. The molecule has 0 aliphatic rings. The number of ether oxygens (including phenoxy) is 1. The molecule has 0 unspecified atom stereocenters. The molecule has 0 aromatic heterocycles. The van der Waals surface area contributed by atoms with Crippen molar-refractivity contribution in [3.63, 3.8) is 0 Å². The summed E-state index contributed by atoms with van der Waals surface area (Å²) in [7, 11) is 0. The summed E-state index contributed by atoms with van der Waals surface area (Å²) in [6.45, 7) is 7.91. The second kappa shape index (κ2) is 7.49. The largest absolute Gasteiger partial charge is 0.483 e. The fourth-order valence-electron chi connectivity index (χ4n) is 2.31. The Kier molecular flexibility index (Phi) is 5.62. The molecule has 0 aliphatic carbocycles. The predicted octanol–water partition coefficient (Wildman–Crippen LogP) is 3.23. The molecule has 0 saturated heterocycles. The van der Waals surface area contributed by atoms with Gasteiger partial charge in [0.05, 0.1) is 5.60 Å². The Morgan fingerprint density at radius 2 is 1.79 bits per heavy atom. The summed E-state index contributed by atoms with van der Waals surface area (Å²) >= 11 is 0. The topological polar surface area (TPSA) is 58.6 Å². The molecule has 128 valence electrons. The fourth-order valence-corrected chi connectivity index (χ4v) is 2.31. The first kappa shape index (κ1) is 18.0. The Bertz CT molecular complexity index is 700. The Balaban J connectivity index is 1.84. The third-order valence-corrected chi connectivity index (χ3v) is 4.06. The van der Waals surface area contributed by atoms with Crippen LogP contribution in [0.4, 0.5) is 0 Å². The maximum Gasteiger partial charge on any atom is 0.258 e. The number of hydrogen-bond acceptors (Lipinski definition) is 3. The summed E-state index contributed by atoms with van der Waals surface area (Å²) in [5.41, 5.74) is 3.15. The zero-order valence-corrected chi connectivity index (χ0v) is 14.7. The number of benzene rings is 2. The van der Waals surface area contributed by atoms with Crippen molar-refractivity contribution >= 4 is 5.91 Å². The zero-order valence-electron chi connectivity index (χ0n) is 14.7. The summed E-state index contributed by atoms with van der Waals surface area (Å²) in [5.74, 6) is 0.571. The van der Waals surface area contributed by atoms with Crippen LogP contribution in [-0.4, -0.2) is 17.6 Å². The molecule has 4 heteroatoms. The van der Waals surface area contributed by atoms with Crippen molar-refractivity contribution in [3.05, 3.63) is 64.7 Å². The molecule has 24 heavy (non-hydrogen) atoms. The zero-order chi connectivity index (χ0) is 17.7. The minimum absolute atomic E-state index is 0.00789. The van der Waals surface area contributed by atoms with E-state index in [9.17, 15) is 9.90 Å². The van der Waals surface area contributed by atoms with Gasteiger partial charge in [0.1, 0.15) is 5.75 Å². The van der Waals surface area contributed by atoms with Crippen LogP contribution < -0.4 is 10.1 Å². The van der Waals surface area contributed by atoms with Crippen molar-refractivity contribution in [1.29, 1.82) is 0 Å². The van der Waals surface area contributed by atoms with E-state index < -0.39 is 5.60 Å². The second-order valence-corrected chi connectivity index (χ2v) is 6.52. The van der Waals surface area contributed by atoms with E-state index in [1.165, 1.54) is 0 Å². The number of aryl methyl sites for hydroxylation is 1. The third kappa shape index (κ3) is 4.83. The van der Waals surface area contributed by atoms with Gasteiger partial charge >= 0.3 is 0 Å². The number of amides is 1. The fraction of sp³-hybridized carbons (Fsp3) is 0.350. The van der Waals surface area contributed by atoms with E-state index in [4.69, 9.17) is 4.74 Å². The highest BCUT2D eigenvalue weighted by molar-refractivity contribution is 5.77. The summed E-state index contributed by atoms with van der Waals surface area (Å²) in [6.07, 6.45) is 0. The van der Waals surface area contributed by atoms with Crippen molar-refractivity contribution in [2.75, 3.05) is 6.61 Å². The van der Waals surface area contributed by atoms with Crippen molar-refractivity contribution < 1.29 is 14.6 Å². The van der Waals surface area contributed by atoms with Crippen LogP contribution in [0.2, 0.25) is 0 Å². The second-order valence-electron chi connectivity index (χ2n) is 6.52. The third-order valence-electron chi connectivity index (χ3n) is 4.06. The van der Waals surface area contributed by atoms with Crippen LogP contribution in [0, 0.1) is 13.8 Å². The van der Waals surface area contributed by atoms with E-state index in [2.05, 4.69) is 5.32 Å². The van der Waals surface area contributed by atoms with Gasteiger partial charge in [0.15, 0.2) is 6.61 Å². The molecular weight excluding hydrogens is 302 g/mol. The quantitative estimate of drug-likeness (QED) is 0.856. The lowest BCUT2D eigenvalue weighted by Gasteiger charge is -2.18. The summed E-state index contributed by atoms with van der Waals surface area (Å²) in [4.78, 5) is 11.9. The molecule has 0 atom stereocenters. The van der Waals surface area contributed by atoms with Crippen LogP contribution >= 0.6 is 0 Å².